The predicted molar refractivity (Wildman–Crippen MR) is 122 cm³/mol. The average molecular weight is 442 g/mol. The van der Waals surface area contributed by atoms with E-state index in [2.05, 4.69) is 15.0 Å². The van der Waals surface area contributed by atoms with Crippen LogP contribution >= 0.6 is 0 Å². The van der Waals surface area contributed by atoms with Crippen LogP contribution in [0, 0.1) is 0 Å². The lowest BCUT2D eigenvalue weighted by molar-refractivity contribution is 0.0240. The van der Waals surface area contributed by atoms with Gasteiger partial charge in [-0.25, -0.2) is 9.86 Å². The molecule has 5 N–H and O–H groups in total. The number of hydrogen-bond donors (Lipinski definition) is 3. The van der Waals surface area contributed by atoms with Crippen molar-refractivity contribution in [2.24, 2.45) is 11.5 Å². The maximum atomic E-state index is 12.3. The maximum absolute atomic E-state index is 12.3. The normalized spacial score (nSPS) is 14.0. The van der Waals surface area contributed by atoms with Crippen LogP contribution in [0.1, 0.15) is 34.6 Å². The highest BCUT2D eigenvalue weighted by atomic mass is 16.6. The molecule has 12 heteroatoms. The van der Waals surface area contributed by atoms with Gasteiger partial charge in [-0.3, -0.25) is 5.21 Å². The Morgan fingerprint density at radius 2 is 1.55 bits per heavy atom. The molecule has 1 amide bonds. The third-order valence-electron chi connectivity index (χ3n) is 4.18. The van der Waals surface area contributed by atoms with Gasteiger partial charge in [0.1, 0.15) is 5.60 Å². The summed E-state index contributed by atoms with van der Waals surface area (Å²) in [5, 5.41) is 10.7. The van der Waals surface area contributed by atoms with Crippen molar-refractivity contribution in [2.45, 2.75) is 40.2 Å². The Morgan fingerprint density at radius 3 is 2.00 bits per heavy atom. The van der Waals surface area contributed by atoms with Gasteiger partial charge in [-0.1, -0.05) is 13.8 Å². The molecule has 1 aromatic rings. The molecule has 2 rings (SSSR count). The molecular formula is C19H39N9O3. The van der Waals surface area contributed by atoms with Crippen LogP contribution in [-0.4, -0.2) is 96.2 Å². The number of piperazine rings is 1. The highest BCUT2D eigenvalue weighted by Crippen LogP contribution is 2.20. The van der Waals surface area contributed by atoms with Gasteiger partial charge in [-0.2, -0.15) is 15.0 Å². The molecule has 0 spiro atoms. The van der Waals surface area contributed by atoms with E-state index in [0.717, 1.165) is 5.06 Å². The SMILES string of the molecule is CC.CN(O)c1nc(N(CCN)CCN)nc(N2CCN(C(=O)OC(C)(C)C)CC2)n1. The summed E-state index contributed by atoms with van der Waals surface area (Å²) in [5.41, 5.74) is 10.8. The zero-order valence-corrected chi connectivity index (χ0v) is 19.7. The van der Waals surface area contributed by atoms with Gasteiger partial charge in [0.25, 0.3) is 5.95 Å². The molecule has 2 heterocycles. The molecule has 178 valence electrons. The lowest BCUT2D eigenvalue weighted by Gasteiger charge is -2.36. The van der Waals surface area contributed by atoms with Gasteiger partial charge in [-0.15, -0.1) is 0 Å². The fourth-order valence-electron chi connectivity index (χ4n) is 2.81. The minimum Gasteiger partial charge on any atom is -0.444 e. The Kier molecular flexibility index (Phi) is 10.7. The zero-order chi connectivity index (χ0) is 23.6. The number of amides is 1. The van der Waals surface area contributed by atoms with Crippen molar-refractivity contribution in [3.8, 4) is 0 Å². The largest absolute Gasteiger partial charge is 0.444 e. The van der Waals surface area contributed by atoms with Crippen molar-refractivity contribution in [2.75, 3.05) is 74.3 Å². The number of nitrogens with two attached hydrogens (primary N) is 2. The molecule has 0 atom stereocenters. The minimum absolute atomic E-state index is 0.124. The molecule has 12 nitrogen and oxygen atoms in total. The van der Waals surface area contributed by atoms with E-state index < -0.39 is 5.60 Å². The van der Waals surface area contributed by atoms with Crippen LogP contribution in [0.2, 0.25) is 0 Å². The summed E-state index contributed by atoms with van der Waals surface area (Å²) >= 11 is 0. The van der Waals surface area contributed by atoms with E-state index in [1.165, 1.54) is 7.05 Å². The second-order valence-corrected chi connectivity index (χ2v) is 7.78. The van der Waals surface area contributed by atoms with Gasteiger partial charge < -0.3 is 30.9 Å². The quantitative estimate of drug-likeness (QED) is 0.508. The molecule has 31 heavy (non-hydrogen) atoms. The van der Waals surface area contributed by atoms with Gasteiger partial charge in [0.2, 0.25) is 11.9 Å². The Hall–Kier alpha value is -2.44. The maximum Gasteiger partial charge on any atom is 0.410 e. The van der Waals surface area contributed by atoms with E-state index >= 15 is 0 Å². The summed E-state index contributed by atoms with van der Waals surface area (Å²) in [7, 11) is 1.44. The first-order valence-corrected chi connectivity index (χ1v) is 10.7. The number of carbonyl (C=O) groups excluding carboxylic acids is 1. The van der Waals surface area contributed by atoms with E-state index in [9.17, 15) is 10.0 Å². The molecule has 0 unspecified atom stereocenters. The van der Waals surface area contributed by atoms with Crippen LogP contribution in [-0.2, 0) is 4.74 Å². The van der Waals surface area contributed by atoms with Gasteiger partial charge in [0, 0.05) is 59.4 Å². The Labute approximate surface area is 185 Å². The smallest absolute Gasteiger partial charge is 0.410 e. The van der Waals surface area contributed by atoms with Gasteiger partial charge in [0.05, 0.1) is 0 Å². The Morgan fingerprint density at radius 1 is 1.03 bits per heavy atom. The molecular weight excluding hydrogens is 402 g/mol. The fraction of sp³-hybridized carbons (Fsp3) is 0.789. The summed E-state index contributed by atoms with van der Waals surface area (Å²) < 4.78 is 5.43. The lowest BCUT2D eigenvalue weighted by atomic mass is 10.2. The number of aromatic nitrogens is 3. The summed E-state index contributed by atoms with van der Waals surface area (Å²) in [6.45, 7) is 13.4. The number of ether oxygens (including phenoxy) is 1. The van der Waals surface area contributed by atoms with Crippen LogP contribution < -0.4 is 26.3 Å². The Balaban J connectivity index is 0.00000233. The highest BCUT2D eigenvalue weighted by Gasteiger charge is 2.27. The molecule has 0 saturated carbocycles. The van der Waals surface area contributed by atoms with Crippen molar-refractivity contribution >= 4 is 23.9 Å². The van der Waals surface area contributed by atoms with E-state index in [1.54, 1.807) is 4.90 Å². The number of hydroxylamine groups is 1. The molecule has 1 aromatic heterocycles. The number of hydrogen-bond acceptors (Lipinski definition) is 11. The fourth-order valence-corrected chi connectivity index (χ4v) is 2.81. The second kappa shape index (κ2) is 12.4. The van der Waals surface area contributed by atoms with E-state index in [0.29, 0.717) is 64.3 Å². The average Bonchev–Trinajstić information content (AvgIpc) is 2.73. The predicted octanol–water partition coefficient (Wildman–Crippen LogP) is 0.504. The molecule has 0 aliphatic carbocycles. The Bertz CT molecular complexity index is 668. The van der Waals surface area contributed by atoms with E-state index in [4.69, 9.17) is 16.2 Å². The first-order valence-electron chi connectivity index (χ1n) is 10.7. The zero-order valence-electron chi connectivity index (χ0n) is 19.7. The van der Waals surface area contributed by atoms with Crippen molar-refractivity contribution in [1.82, 2.24) is 19.9 Å². The van der Waals surface area contributed by atoms with Crippen LogP contribution in [0.15, 0.2) is 0 Å². The first-order chi connectivity index (χ1) is 14.6. The highest BCUT2D eigenvalue weighted by molar-refractivity contribution is 5.68. The third kappa shape index (κ3) is 8.31. The van der Waals surface area contributed by atoms with E-state index in [1.807, 2.05) is 44.4 Å². The summed E-state index contributed by atoms with van der Waals surface area (Å²) in [5.74, 6) is 0.948. The monoisotopic (exact) mass is 441 g/mol. The van der Waals surface area contributed by atoms with Crippen LogP contribution in [0.3, 0.4) is 0 Å². The summed E-state index contributed by atoms with van der Waals surface area (Å²) in [4.78, 5) is 30.9. The molecule has 0 aromatic carbocycles. The van der Waals surface area contributed by atoms with Crippen molar-refractivity contribution in [3.05, 3.63) is 0 Å². The lowest BCUT2D eigenvalue weighted by Crippen LogP contribution is -2.50. The summed E-state index contributed by atoms with van der Waals surface area (Å²) in [6, 6.07) is 0. The molecule has 1 fully saturated rings. The van der Waals surface area contributed by atoms with Gasteiger partial charge >= 0.3 is 6.09 Å². The van der Waals surface area contributed by atoms with Crippen molar-refractivity contribution in [3.63, 3.8) is 0 Å². The topological polar surface area (TPSA) is 150 Å². The number of rotatable bonds is 7. The van der Waals surface area contributed by atoms with Gasteiger partial charge in [-0.05, 0) is 20.8 Å². The van der Waals surface area contributed by atoms with Crippen molar-refractivity contribution < 1.29 is 14.7 Å². The van der Waals surface area contributed by atoms with Gasteiger partial charge in [0.15, 0.2) is 0 Å². The standard InChI is InChI=1S/C17H33N9O3.C2H6/c1-17(2,3)29-16(27)26-11-9-25(10-12-26)15-21-13(23(4)28)20-14(22-15)24(7-5-18)8-6-19;1-2/h28H,5-12,18-19H2,1-4H3;1-2H3. The number of anilines is 3. The summed E-state index contributed by atoms with van der Waals surface area (Å²) in [6.07, 6.45) is -0.332. The van der Waals surface area contributed by atoms with Crippen LogP contribution in [0.25, 0.3) is 0 Å². The molecule has 0 radical (unpaired) electrons. The number of nitrogens with zero attached hydrogens (tertiary/aromatic N) is 7. The molecule has 1 aliphatic rings. The molecule has 1 aliphatic heterocycles. The van der Waals surface area contributed by atoms with Crippen LogP contribution in [0.4, 0.5) is 22.6 Å². The third-order valence-corrected chi connectivity index (χ3v) is 4.18. The molecule has 0 bridgehead atoms. The first kappa shape index (κ1) is 26.6. The van der Waals surface area contributed by atoms with Crippen LogP contribution in [0.5, 0.6) is 0 Å². The molecule has 1 saturated heterocycles. The number of carbonyl (C=O) groups is 1. The van der Waals surface area contributed by atoms with E-state index in [-0.39, 0.29) is 12.0 Å². The second-order valence-electron chi connectivity index (χ2n) is 7.78. The minimum atomic E-state index is -0.534. The van der Waals surface area contributed by atoms with Crippen molar-refractivity contribution in [1.29, 1.82) is 0 Å².